The van der Waals surface area contributed by atoms with Crippen molar-refractivity contribution >= 4 is 12.2 Å². The molecule has 7 rings (SSSR count). The van der Waals surface area contributed by atoms with E-state index >= 15 is 0 Å². The molecule has 1 aromatic heterocycles. The molecule has 1 spiro atoms. The van der Waals surface area contributed by atoms with Gasteiger partial charge in [0.15, 0.2) is 11.5 Å². The summed E-state index contributed by atoms with van der Waals surface area (Å²) in [6.07, 6.45) is 7.96. The van der Waals surface area contributed by atoms with Gasteiger partial charge in [0, 0.05) is 11.0 Å². The molecule has 3 aromatic carbocycles. The molecule has 3 aliphatic rings. The van der Waals surface area contributed by atoms with E-state index in [1.165, 1.54) is 12.0 Å². The molecule has 0 saturated heterocycles. The second-order valence-corrected chi connectivity index (χ2v) is 10.7. The van der Waals surface area contributed by atoms with E-state index in [0.717, 1.165) is 60.2 Å². The molecule has 2 aliphatic carbocycles. The van der Waals surface area contributed by atoms with Gasteiger partial charge in [-0.2, -0.15) is 5.10 Å². The van der Waals surface area contributed by atoms with Gasteiger partial charge in [0.25, 0.3) is 5.56 Å². The lowest BCUT2D eigenvalue weighted by Crippen LogP contribution is -2.42. The SMILES string of the molecule is COc1ccc(-n2c(NN=Cc3ccc4c(c3)OCO4)nc3c(c2=O)C2(CCCCC2)Cc2ccccc2-3)cc1. The Morgan fingerprint density at radius 3 is 2.62 bits per heavy atom. The highest BCUT2D eigenvalue weighted by molar-refractivity contribution is 5.81. The van der Waals surface area contributed by atoms with Crippen LogP contribution in [0.4, 0.5) is 5.95 Å². The lowest BCUT2D eigenvalue weighted by atomic mass is 9.62. The molecule has 0 radical (unpaired) electrons. The highest BCUT2D eigenvalue weighted by atomic mass is 16.7. The van der Waals surface area contributed by atoms with Crippen LogP contribution in [0.3, 0.4) is 0 Å². The van der Waals surface area contributed by atoms with E-state index in [4.69, 9.17) is 19.2 Å². The zero-order valence-electron chi connectivity index (χ0n) is 22.4. The van der Waals surface area contributed by atoms with Crippen LogP contribution in [-0.4, -0.2) is 29.7 Å². The maximum absolute atomic E-state index is 14.6. The third kappa shape index (κ3) is 4.11. The zero-order valence-corrected chi connectivity index (χ0v) is 22.4. The molecule has 0 bridgehead atoms. The molecular weight excluding hydrogens is 504 g/mol. The maximum atomic E-state index is 14.6. The van der Waals surface area contributed by atoms with Crippen molar-refractivity contribution in [2.24, 2.45) is 5.10 Å². The van der Waals surface area contributed by atoms with E-state index in [-0.39, 0.29) is 17.8 Å². The average molecular weight is 535 g/mol. The van der Waals surface area contributed by atoms with Gasteiger partial charge in [-0.3, -0.25) is 4.79 Å². The Morgan fingerprint density at radius 2 is 1.80 bits per heavy atom. The molecule has 40 heavy (non-hydrogen) atoms. The molecule has 1 fully saturated rings. The molecule has 2 heterocycles. The molecule has 4 aromatic rings. The van der Waals surface area contributed by atoms with E-state index in [9.17, 15) is 4.79 Å². The number of nitrogens with one attached hydrogen (secondary N) is 1. The van der Waals surface area contributed by atoms with Crippen molar-refractivity contribution in [1.82, 2.24) is 9.55 Å². The van der Waals surface area contributed by atoms with E-state index in [0.29, 0.717) is 23.1 Å². The minimum atomic E-state index is -0.214. The Labute approximate surface area is 232 Å². The molecule has 202 valence electrons. The fraction of sp³-hybridized carbons (Fsp3) is 0.281. The number of fused-ring (bicyclic) bond motifs is 5. The number of nitrogens with zero attached hydrogens (tertiary/aromatic N) is 3. The Hall–Kier alpha value is -4.59. The average Bonchev–Trinajstić information content (AvgIpc) is 3.46. The third-order valence-electron chi connectivity index (χ3n) is 8.33. The largest absolute Gasteiger partial charge is 0.497 e. The first kappa shape index (κ1) is 24.5. The predicted octanol–water partition coefficient (Wildman–Crippen LogP) is 5.84. The van der Waals surface area contributed by atoms with Crippen molar-refractivity contribution < 1.29 is 14.2 Å². The number of aromatic nitrogens is 2. The summed E-state index contributed by atoms with van der Waals surface area (Å²) in [5.74, 6) is 2.47. The van der Waals surface area contributed by atoms with Crippen LogP contribution in [0.1, 0.15) is 48.8 Å². The number of rotatable bonds is 5. The van der Waals surface area contributed by atoms with Gasteiger partial charge < -0.3 is 14.2 Å². The summed E-state index contributed by atoms with van der Waals surface area (Å²) in [5.41, 5.74) is 8.22. The smallest absolute Gasteiger partial charge is 0.263 e. The highest BCUT2D eigenvalue weighted by Crippen LogP contribution is 2.49. The number of ether oxygens (including phenoxy) is 3. The van der Waals surface area contributed by atoms with Gasteiger partial charge in [0.2, 0.25) is 12.7 Å². The summed E-state index contributed by atoms with van der Waals surface area (Å²) in [6, 6.07) is 21.4. The maximum Gasteiger partial charge on any atom is 0.263 e. The van der Waals surface area contributed by atoms with Crippen LogP contribution in [0.5, 0.6) is 17.2 Å². The number of hydrogen-bond donors (Lipinski definition) is 1. The molecule has 8 nitrogen and oxygen atoms in total. The number of hydrogen-bond acceptors (Lipinski definition) is 7. The first-order valence-electron chi connectivity index (χ1n) is 13.7. The topological polar surface area (TPSA) is 87.0 Å². The van der Waals surface area contributed by atoms with Gasteiger partial charge in [0.05, 0.1) is 30.3 Å². The first-order chi connectivity index (χ1) is 19.6. The molecule has 8 heteroatoms. The highest BCUT2D eigenvalue weighted by Gasteiger charge is 2.43. The summed E-state index contributed by atoms with van der Waals surface area (Å²) < 4.78 is 17.9. The number of benzene rings is 3. The fourth-order valence-corrected chi connectivity index (χ4v) is 6.41. The zero-order chi connectivity index (χ0) is 27.1. The molecular formula is C32H30N4O4. The van der Waals surface area contributed by atoms with Crippen molar-refractivity contribution in [1.29, 1.82) is 0 Å². The fourth-order valence-electron chi connectivity index (χ4n) is 6.41. The molecule has 0 amide bonds. The third-order valence-corrected chi connectivity index (χ3v) is 8.33. The first-order valence-corrected chi connectivity index (χ1v) is 13.7. The van der Waals surface area contributed by atoms with Crippen LogP contribution in [0.15, 0.2) is 76.6 Å². The van der Waals surface area contributed by atoms with Gasteiger partial charge in [0.1, 0.15) is 5.75 Å². The van der Waals surface area contributed by atoms with Crippen LogP contribution >= 0.6 is 0 Å². The number of anilines is 1. The molecule has 0 atom stereocenters. The summed E-state index contributed by atoms with van der Waals surface area (Å²) in [5, 5.41) is 4.49. The second-order valence-electron chi connectivity index (χ2n) is 10.7. The number of methoxy groups -OCH3 is 1. The van der Waals surface area contributed by atoms with Crippen LogP contribution in [0.25, 0.3) is 16.9 Å². The van der Waals surface area contributed by atoms with Gasteiger partial charge in [-0.15, -0.1) is 0 Å². The quantitative estimate of drug-likeness (QED) is 0.256. The van der Waals surface area contributed by atoms with Gasteiger partial charge in [-0.25, -0.2) is 15.0 Å². The van der Waals surface area contributed by atoms with E-state index in [1.807, 2.05) is 48.5 Å². The summed E-state index contributed by atoms with van der Waals surface area (Å²) >= 11 is 0. The van der Waals surface area contributed by atoms with Crippen LogP contribution < -0.4 is 25.2 Å². The van der Waals surface area contributed by atoms with E-state index < -0.39 is 0 Å². The van der Waals surface area contributed by atoms with Crippen LogP contribution in [-0.2, 0) is 11.8 Å². The lowest BCUT2D eigenvalue weighted by Gasteiger charge is -2.42. The molecule has 0 unspecified atom stereocenters. The van der Waals surface area contributed by atoms with Gasteiger partial charge in [-0.1, -0.05) is 43.5 Å². The van der Waals surface area contributed by atoms with E-state index in [2.05, 4.69) is 28.7 Å². The van der Waals surface area contributed by atoms with Gasteiger partial charge >= 0.3 is 0 Å². The minimum absolute atomic E-state index is 0.0488. The van der Waals surface area contributed by atoms with Crippen molar-refractivity contribution in [2.45, 2.75) is 43.9 Å². The van der Waals surface area contributed by atoms with Crippen molar-refractivity contribution in [3.8, 4) is 34.2 Å². The Balaban J connectivity index is 1.38. The second kappa shape index (κ2) is 9.86. The summed E-state index contributed by atoms with van der Waals surface area (Å²) in [6.45, 7) is 0.213. The standard InChI is InChI=1S/C32H30N4O4/c1-38-24-12-10-23(11-13-24)36-30(37)28-29(25-8-4-3-7-22(25)18-32(28)15-5-2-6-16-32)34-31(36)35-33-19-21-9-14-26-27(17-21)40-20-39-26/h3-4,7-14,17,19H,2,5-6,15-16,18,20H2,1H3,(H,34,35). The number of hydrazone groups is 1. The van der Waals surface area contributed by atoms with E-state index in [1.54, 1.807) is 17.9 Å². The Bertz CT molecular complexity index is 1670. The normalized spacial score (nSPS) is 16.5. The van der Waals surface area contributed by atoms with Crippen LogP contribution in [0.2, 0.25) is 0 Å². The van der Waals surface area contributed by atoms with Crippen molar-refractivity contribution in [3.05, 3.63) is 93.8 Å². The Kier molecular flexibility index (Phi) is 6.03. The molecule has 1 N–H and O–H groups in total. The predicted molar refractivity (Wildman–Crippen MR) is 154 cm³/mol. The summed E-state index contributed by atoms with van der Waals surface area (Å²) in [4.78, 5) is 19.7. The summed E-state index contributed by atoms with van der Waals surface area (Å²) in [7, 11) is 1.63. The van der Waals surface area contributed by atoms with Crippen molar-refractivity contribution in [3.63, 3.8) is 0 Å². The van der Waals surface area contributed by atoms with Crippen LogP contribution in [0, 0.1) is 0 Å². The minimum Gasteiger partial charge on any atom is -0.497 e. The van der Waals surface area contributed by atoms with Crippen molar-refractivity contribution in [2.75, 3.05) is 19.3 Å². The monoisotopic (exact) mass is 534 g/mol. The molecule has 1 aliphatic heterocycles. The van der Waals surface area contributed by atoms with Gasteiger partial charge in [-0.05, 0) is 72.9 Å². The Morgan fingerprint density at radius 1 is 1.00 bits per heavy atom. The molecule has 1 saturated carbocycles. The lowest BCUT2D eigenvalue weighted by molar-refractivity contribution is 0.174.